The van der Waals surface area contributed by atoms with E-state index in [4.69, 9.17) is 10.5 Å². The van der Waals surface area contributed by atoms with Crippen molar-refractivity contribution in [2.45, 2.75) is 33.2 Å². The molecular weight excluding hydrogens is 246 g/mol. The summed E-state index contributed by atoms with van der Waals surface area (Å²) in [5.74, 6) is 0.879. The second-order valence-corrected chi connectivity index (χ2v) is 5.45. The van der Waals surface area contributed by atoms with Gasteiger partial charge in [0.15, 0.2) is 0 Å². The molecule has 0 aromatic heterocycles. The van der Waals surface area contributed by atoms with Gasteiger partial charge in [-0.1, -0.05) is 24.3 Å². The van der Waals surface area contributed by atoms with Crippen LogP contribution < -0.4 is 10.5 Å². The van der Waals surface area contributed by atoms with Crippen LogP contribution in [0.5, 0.6) is 5.75 Å². The van der Waals surface area contributed by atoms with Gasteiger partial charge in [-0.15, -0.1) is 0 Å². The van der Waals surface area contributed by atoms with Crippen LogP contribution in [0, 0.1) is 20.8 Å². The zero-order valence-electron chi connectivity index (χ0n) is 12.7. The van der Waals surface area contributed by atoms with E-state index in [1.165, 1.54) is 27.8 Å². The average molecular weight is 269 g/mol. The summed E-state index contributed by atoms with van der Waals surface area (Å²) in [4.78, 5) is 0. The molecule has 2 N–H and O–H groups in total. The molecule has 0 heterocycles. The highest BCUT2D eigenvalue weighted by Gasteiger charge is 2.11. The van der Waals surface area contributed by atoms with Crippen molar-refractivity contribution in [2.75, 3.05) is 7.11 Å². The zero-order valence-corrected chi connectivity index (χ0v) is 12.7. The molecule has 0 saturated carbocycles. The second kappa shape index (κ2) is 6.10. The number of methoxy groups -OCH3 is 1. The smallest absolute Gasteiger partial charge is 0.119 e. The standard InChI is InChI=1S/C18H23NO/c1-12-5-6-15(9-13(12)2)11-18(19)17-8-7-16(20-4)10-14(17)3/h5-10,18H,11,19H2,1-4H3. The fourth-order valence-electron chi connectivity index (χ4n) is 2.49. The molecular formula is C18H23NO. The summed E-state index contributed by atoms with van der Waals surface area (Å²) in [6, 6.07) is 12.7. The summed E-state index contributed by atoms with van der Waals surface area (Å²) in [5.41, 5.74) is 12.7. The summed E-state index contributed by atoms with van der Waals surface area (Å²) >= 11 is 0. The maximum atomic E-state index is 6.37. The third-order valence-electron chi connectivity index (χ3n) is 3.90. The lowest BCUT2D eigenvalue weighted by Crippen LogP contribution is -2.14. The third kappa shape index (κ3) is 3.20. The van der Waals surface area contributed by atoms with E-state index < -0.39 is 0 Å². The van der Waals surface area contributed by atoms with Gasteiger partial charge in [0.25, 0.3) is 0 Å². The van der Waals surface area contributed by atoms with Crippen molar-refractivity contribution >= 4 is 0 Å². The van der Waals surface area contributed by atoms with Crippen LogP contribution in [0.3, 0.4) is 0 Å². The average Bonchev–Trinajstić information content (AvgIpc) is 2.42. The van der Waals surface area contributed by atoms with Gasteiger partial charge in [-0.3, -0.25) is 0 Å². The van der Waals surface area contributed by atoms with Crippen molar-refractivity contribution in [3.8, 4) is 5.75 Å². The summed E-state index contributed by atoms with van der Waals surface area (Å²) in [6.07, 6.45) is 0.855. The van der Waals surface area contributed by atoms with Crippen molar-refractivity contribution in [1.29, 1.82) is 0 Å². The molecule has 0 aliphatic rings. The highest BCUT2D eigenvalue weighted by atomic mass is 16.5. The molecule has 2 aromatic carbocycles. The van der Waals surface area contributed by atoms with Crippen LogP contribution in [0.2, 0.25) is 0 Å². The number of nitrogens with two attached hydrogens (primary N) is 1. The summed E-state index contributed by atoms with van der Waals surface area (Å²) in [7, 11) is 1.68. The molecule has 106 valence electrons. The minimum atomic E-state index is 0.0167. The topological polar surface area (TPSA) is 35.2 Å². The van der Waals surface area contributed by atoms with Crippen LogP contribution in [-0.2, 0) is 6.42 Å². The number of ether oxygens (including phenoxy) is 1. The minimum absolute atomic E-state index is 0.0167. The number of hydrogen-bond donors (Lipinski definition) is 1. The van der Waals surface area contributed by atoms with E-state index in [1.807, 2.05) is 12.1 Å². The number of aryl methyl sites for hydroxylation is 3. The Balaban J connectivity index is 2.19. The monoisotopic (exact) mass is 269 g/mol. The fraction of sp³-hybridized carbons (Fsp3) is 0.333. The number of rotatable bonds is 4. The van der Waals surface area contributed by atoms with Gasteiger partial charge in [-0.25, -0.2) is 0 Å². The quantitative estimate of drug-likeness (QED) is 0.914. The van der Waals surface area contributed by atoms with Gasteiger partial charge in [0.2, 0.25) is 0 Å². The van der Waals surface area contributed by atoms with Crippen LogP contribution in [0.1, 0.15) is 33.9 Å². The van der Waals surface area contributed by atoms with Gasteiger partial charge in [0.1, 0.15) is 5.75 Å². The largest absolute Gasteiger partial charge is 0.497 e. The summed E-state index contributed by atoms with van der Waals surface area (Å²) < 4.78 is 5.24. The maximum Gasteiger partial charge on any atom is 0.119 e. The molecule has 0 radical (unpaired) electrons. The molecule has 0 spiro atoms. The van der Waals surface area contributed by atoms with Crippen molar-refractivity contribution in [3.63, 3.8) is 0 Å². The normalized spacial score (nSPS) is 12.2. The predicted molar refractivity (Wildman–Crippen MR) is 84.3 cm³/mol. The van der Waals surface area contributed by atoms with Crippen molar-refractivity contribution in [2.24, 2.45) is 5.73 Å². The van der Waals surface area contributed by atoms with Crippen LogP contribution in [-0.4, -0.2) is 7.11 Å². The molecule has 0 aliphatic heterocycles. The molecule has 0 amide bonds. The third-order valence-corrected chi connectivity index (χ3v) is 3.90. The van der Waals surface area contributed by atoms with E-state index in [0.717, 1.165) is 12.2 Å². The molecule has 0 fully saturated rings. The first-order chi connectivity index (χ1) is 9.51. The highest BCUT2D eigenvalue weighted by molar-refractivity contribution is 5.38. The van der Waals surface area contributed by atoms with Crippen LogP contribution in [0.4, 0.5) is 0 Å². The Labute approximate surface area is 121 Å². The van der Waals surface area contributed by atoms with E-state index in [-0.39, 0.29) is 6.04 Å². The first-order valence-corrected chi connectivity index (χ1v) is 6.97. The molecule has 2 heteroatoms. The van der Waals surface area contributed by atoms with Gasteiger partial charge < -0.3 is 10.5 Å². The van der Waals surface area contributed by atoms with Gasteiger partial charge >= 0.3 is 0 Å². The van der Waals surface area contributed by atoms with Crippen LogP contribution in [0.25, 0.3) is 0 Å². The fourth-order valence-corrected chi connectivity index (χ4v) is 2.49. The summed E-state index contributed by atoms with van der Waals surface area (Å²) in [6.45, 7) is 6.35. The summed E-state index contributed by atoms with van der Waals surface area (Å²) in [5, 5.41) is 0. The predicted octanol–water partition coefficient (Wildman–Crippen LogP) is 3.86. The Bertz CT molecular complexity index is 604. The first-order valence-electron chi connectivity index (χ1n) is 6.97. The lowest BCUT2D eigenvalue weighted by atomic mass is 9.94. The van der Waals surface area contributed by atoms with Crippen molar-refractivity contribution in [1.82, 2.24) is 0 Å². The number of benzene rings is 2. The number of hydrogen-bond acceptors (Lipinski definition) is 2. The lowest BCUT2D eigenvalue weighted by molar-refractivity contribution is 0.414. The van der Waals surface area contributed by atoms with Gasteiger partial charge in [0, 0.05) is 6.04 Å². The SMILES string of the molecule is COc1ccc(C(N)Cc2ccc(C)c(C)c2)c(C)c1. The minimum Gasteiger partial charge on any atom is -0.497 e. The first kappa shape index (κ1) is 14.6. The van der Waals surface area contributed by atoms with Crippen molar-refractivity contribution in [3.05, 3.63) is 64.2 Å². The molecule has 2 nitrogen and oxygen atoms in total. The Morgan fingerprint density at radius 3 is 2.30 bits per heavy atom. The highest BCUT2D eigenvalue weighted by Crippen LogP contribution is 2.24. The molecule has 0 saturated heterocycles. The maximum absolute atomic E-state index is 6.37. The molecule has 2 rings (SSSR count). The molecule has 20 heavy (non-hydrogen) atoms. The molecule has 0 aliphatic carbocycles. The van der Waals surface area contributed by atoms with Gasteiger partial charge in [-0.05, 0) is 67.1 Å². The van der Waals surface area contributed by atoms with E-state index in [0.29, 0.717) is 0 Å². The van der Waals surface area contributed by atoms with E-state index >= 15 is 0 Å². The Kier molecular flexibility index (Phi) is 4.46. The molecule has 1 unspecified atom stereocenters. The van der Waals surface area contributed by atoms with Crippen molar-refractivity contribution < 1.29 is 4.74 Å². The van der Waals surface area contributed by atoms with Gasteiger partial charge in [0.05, 0.1) is 7.11 Å². The van der Waals surface area contributed by atoms with Gasteiger partial charge in [-0.2, -0.15) is 0 Å². The molecule has 2 aromatic rings. The second-order valence-electron chi connectivity index (χ2n) is 5.45. The zero-order chi connectivity index (χ0) is 14.7. The molecule has 1 atom stereocenters. The Hall–Kier alpha value is -1.80. The van der Waals surface area contributed by atoms with Crippen LogP contribution in [0.15, 0.2) is 36.4 Å². The Morgan fingerprint density at radius 1 is 0.950 bits per heavy atom. The Morgan fingerprint density at radius 2 is 1.70 bits per heavy atom. The van der Waals surface area contributed by atoms with E-state index in [9.17, 15) is 0 Å². The van der Waals surface area contributed by atoms with E-state index in [1.54, 1.807) is 7.11 Å². The lowest BCUT2D eigenvalue weighted by Gasteiger charge is -2.16. The molecule has 0 bridgehead atoms. The van der Waals surface area contributed by atoms with Crippen LogP contribution >= 0.6 is 0 Å². The van der Waals surface area contributed by atoms with E-state index in [2.05, 4.69) is 45.0 Å².